The zero-order valence-corrected chi connectivity index (χ0v) is 12.3. The Hall–Kier alpha value is -1.98. The van der Waals surface area contributed by atoms with E-state index in [9.17, 15) is 4.79 Å². The summed E-state index contributed by atoms with van der Waals surface area (Å²) in [6, 6.07) is 7.04. The second-order valence-corrected chi connectivity index (χ2v) is 5.33. The molecule has 0 aliphatic heterocycles. The van der Waals surface area contributed by atoms with Crippen LogP contribution in [0.1, 0.15) is 16.1 Å². The standard InChI is InChI=1S/C14H11Cl2N3O2/c15-9-1-2-11-10(5-9)8(7-18-11)3-4-17-14(20)12-6-13(16)21-19-12/h1-2,5-7,18H,3-4H2,(H,17,20). The Bertz CT molecular complexity index is 794. The average molecular weight is 324 g/mol. The number of nitrogens with one attached hydrogen (secondary N) is 2. The molecule has 3 rings (SSSR count). The number of nitrogens with zero attached hydrogens (tertiary/aromatic N) is 1. The first kappa shape index (κ1) is 14.0. The van der Waals surface area contributed by atoms with Gasteiger partial charge in [-0.25, -0.2) is 0 Å². The minimum atomic E-state index is -0.316. The van der Waals surface area contributed by atoms with Gasteiger partial charge in [0.1, 0.15) is 0 Å². The lowest BCUT2D eigenvalue weighted by atomic mass is 10.1. The van der Waals surface area contributed by atoms with Crippen LogP contribution in [0.15, 0.2) is 35.0 Å². The fraction of sp³-hybridized carbons (Fsp3) is 0.143. The van der Waals surface area contributed by atoms with Gasteiger partial charge in [-0.2, -0.15) is 0 Å². The van der Waals surface area contributed by atoms with Crippen LogP contribution in [0.2, 0.25) is 10.2 Å². The molecule has 0 radical (unpaired) electrons. The van der Waals surface area contributed by atoms with Gasteiger partial charge in [-0.1, -0.05) is 16.8 Å². The zero-order chi connectivity index (χ0) is 14.8. The molecule has 0 fully saturated rings. The molecular formula is C14H11Cl2N3O2. The molecule has 2 N–H and O–H groups in total. The maximum Gasteiger partial charge on any atom is 0.273 e. The Morgan fingerprint density at radius 2 is 2.19 bits per heavy atom. The molecule has 0 aliphatic rings. The molecule has 108 valence electrons. The molecular weight excluding hydrogens is 313 g/mol. The topological polar surface area (TPSA) is 70.9 Å². The van der Waals surface area contributed by atoms with E-state index in [0.29, 0.717) is 18.0 Å². The molecule has 7 heteroatoms. The van der Waals surface area contributed by atoms with Gasteiger partial charge in [0.05, 0.1) is 0 Å². The van der Waals surface area contributed by atoms with Gasteiger partial charge in [-0.15, -0.1) is 0 Å². The van der Waals surface area contributed by atoms with E-state index < -0.39 is 0 Å². The first-order chi connectivity index (χ1) is 10.1. The molecule has 21 heavy (non-hydrogen) atoms. The smallest absolute Gasteiger partial charge is 0.273 e. The largest absolute Gasteiger partial charge is 0.361 e. The fourth-order valence-electron chi connectivity index (χ4n) is 2.12. The average Bonchev–Trinajstić information content (AvgIpc) is 3.05. The predicted molar refractivity (Wildman–Crippen MR) is 80.9 cm³/mol. The summed E-state index contributed by atoms with van der Waals surface area (Å²) in [6.45, 7) is 0.475. The number of hydrogen-bond acceptors (Lipinski definition) is 3. The van der Waals surface area contributed by atoms with Gasteiger partial charge in [0.15, 0.2) is 5.69 Å². The van der Waals surface area contributed by atoms with Crippen molar-refractivity contribution >= 4 is 40.0 Å². The monoisotopic (exact) mass is 323 g/mol. The molecule has 0 saturated carbocycles. The minimum absolute atomic E-state index is 0.0893. The van der Waals surface area contributed by atoms with E-state index in [1.807, 2.05) is 24.4 Å². The predicted octanol–water partition coefficient (Wildman–Crippen LogP) is 3.44. The van der Waals surface area contributed by atoms with Crippen LogP contribution in [0.25, 0.3) is 10.9 Å². The molecule has 0 aliphatic carbocycles. The lowest BCUT2D eigenvalue weighted by Crippen LogP contribution is -2.25. The lowest BCUT2D eigenvalue weighted by Gasteiger charge is -2.02. The summed E-state index contributed by atoms with van der Waals surface area (Å²) in [6.07, 6.45) is 2.60. The number of rotatable bonds is 4. The highest BCUT2D eigenvalue weighted by molar-refractivity contribution is 6.31. The number of H-pyrrole nitrogens is 1. The quantitative estimate of drug-likeness (QED) is 0.772. The van der Waals surface area contributed by atoms with Crippen molar-refractivity contribution in [3.8, 4) is 0 Å². The minimum Gasteiger partial charge on any atom is -0.361 e. The van der Waals surface area contributed by atoms with Gasteiger partial charge in [-0.3, -0.25) is 4.79 Å². The van der Waals surface area contributed by atoms with Gasteiger partial charge in [0.25, 0.3) is 5.91 Å². The van der Waals surface area contributed by atoms with Crippen LogP contribution >= 0.6 is 23.2 Å². The van der Waals surface area contributed by atoms with E-state index in [2.05, 4.69) is 20.0 Å². The van der Waals surface area contributed by atoms with Gasteiger partial charge in [-0.05, 0) is 41.8 Å². The Balaban J connectivity index is 1.64. The second kappa shape index (κ2) is 5.79. The first-order valence-corrected chi connectivity index (χ1v) is 7.05. The third kappa shape index (κ3) is 3.04. The molecule has 0 bridgehead atoms. The van der Waals surface area contributed by atoms with Crippen molar-refractivity contribution in [3.63, 3.8) is 0 Å². The number of amides is 1. The van der Waals surface area contributed by atoms with E-state index in [0.717, 1.165) is 16.5 Å². The third-order valence-electron chi connectivity index (χ3n) is 3.12. The fourth-order valence-corrected chi connectivity index (χ4v) is 2.43. The normalized spacial score (nSPS) is 11.0. The number of halogens is 2. The number of carbonyl (C=O) groups excluding carboxylic acids is 1. The van der Waals surface area contributed by atoms with Gasteiger partial charge < -0.3 is 14.8 Å². The molecule has 0 unspecified atom stereocenters. The number of aromatic amines is 1. The molecule has 0 saturated heterocycles. The Kier molecular flexibility index (Phi) is 3.86. The van der Waals surface area contributed by atoms with E-state index in [4.69, 9.17) is 23.2 Å². The molecule has 1 amide bonds. The van der Waals surface area contributed by atoms with Crippen LogP contribution in [-0.2, 0) is 6.42 Å². The molecule has 1 aromatic carbocycles. The van der Waals surface area contributed by atoms with Crippen LogP contribution in [0, 0.1) is 0 Å². The highest BCUT2D eigenvalue weighted by Gasteiger charge is 2.11. The van der Waals surface area contributed by atoms with Gasteiger partial charge >= 0.3 is 0 Å². The van der Waals surface area contributed by atoms with E-state index in [-0.39, 0.29) is 16.8 Å². The summed E-state index contributed by atoms with van der Waals surface area (Å²) in [5.74, 6) is -0.316. The van der Waals surface area contributed by atoms with Crippen LogP contribution in [0.5, 0.6) is 0 Å². The number of aromatic nitrogens is 2. The van der Waals surface area contributed by atoms with Crippen molar-refractivity contribution in [1.29, 1.82) is 0 Å². The maximum absolute atomic E-state index is 11.8. The number of carbonyl (C=O) groups is 1. The lowest BCUT2D eigenvalue weighted by molar-refractivity contribution is 0.0945. The Morgan fingerprint density at radius 3 is 2.95 bits per heavy atom. The van der Waals surface area contributed by atoms with Crippen molar-refractivity contribution in [2.45, 2.75) is 6.42 Å². The molecule has 0 spiro atoms. The highest BCUT2D eigenvalue weighted by atomic mass is 35.5. The summed E-state index contributed by atoms with van der Waals surface area (Å²) >= 11 is 11.6. The molecule has 3 aromatic rings. The van der Waals surface area contributed by atoms with Gasteiger partial charge in [0, 0.05) is 34.7 Å². The maximum atomic E-state index is 11.8. The van der Waals surface area contributed by atoms with Crippen LogP contribution in [0.4, 0.5) is 0 Å². The SMILES string of the molecule is O=C(NCCc1c[nH]c2ccc(Cl)cc12)c1cc(Cl)on1. The summed E-state index contributed by atoms with van der Waals surface area (Å²) in [5.41, 5.74) is 2.27. The number of benzene rings is 1. The van der Waals surface area contributed by atoms with Crippen LogP contribution in [0.3, 0.4) is 0 Å². The molecule has 2 aromatic heterocycles. The van der Waals surface area contributed by atoms with Crippen molar-refractivity contribution in [3.05, 3.63) is 52.0 Å². The first-order valence-electron chi connectivity index (χ1n) is 6.29. The number of fused-ring (bicyclic) bond motifs is 1. The van der Waals surface area contributed by atoms with Crippen LogP contribution < -0.4 is 5.32 Å². The van der Waals surface area contributed by atoms with Crippen molar-refractivity contribution < 1.29 is 9.32 Å². The zero-order valence-electron chi connectivity index (χ0n) is 10.8. The van der Waals surface area contributed by atoms with E-state index in [1.165, 1.54) is 6.07 Å². The summed E-state index contributed by atoms with van der Waals surface area (Å²) in [7, 11) is 0. The van der Waals surface area contributed by atoms with Gasteiger partial charge in [0.2, 0.25) is 5.22 Å². The third-order valence-corrected chi connectivity index (χ3v) is 3.54. The second-order valence-electron chi connectivity index (χ2n) is 4.53. The van der Waals surface area contributed by atoms with E-state index in [1.54, 1.807) is 0 Å². The summed E-state index contributed by atoms with van der Waals surface area (Å²) < 4.78 is 4.64. The molecule has 5 nitrogen and oxygen atoms in total. The Labute approximate surface area is 130 Å². The van der Waals surface area contributed by atoms with Crippen molar-refractivity contribution in [2.75, 3.05) is 6.54 Å². The van der Waals surface area contributed by atoms with E-state index >= 15 is 0 Å². The molecule has 0 atom stereocenters. The summed E-state index contributed by atoms with van der Waals surface area (Å²) in [4.78, 5) is 15.0. The Morgan fingerprint density at radius 1 is 1.33 bits per heavy atom. The molecule has 2 heterocycles. The van der Waals surface area contributed by atoms with Crippen molar-refractivity contribution in [2.24, 2.45) is 0 Å². The van der Waals surface area contributed by atoms with Crippen LogP contribution in [-0.4, -0.2) is 22.6 Å². The number of hydrogen-bond donors (Lipinski definition) is 2. The summed E-state index contributed by atoms with van der Waals surface area (Å²) in [5, 5.41) is 8.14. The van der Waals surface area contributed by atoms with Crippen molar-refractivity contribution in [1.82, 2.24) is 15.5 Å². The highest BCUT2D eigenvalue weighted by Crippen LogP contribution is 2.22.